The summed E-state index contributed by atoms with van der Waals surface area (Å²) in [5.41, 5.74) is 1.80. The molecule has 0 N–H and O–H groups in total. The first-order valence-corrected chi connectivity index (χ1v) is 11.7. The molecule has 1 aromatic carbocycles. The number of allylic oxidation sites excluding steroid dienone is 2. The maximum atomic E-state index is 13.4. The third kappa shape index (κ3) is 4.57. The third-order valence-corrected chi connectivity index (χ3v) is 6.84. The lowest BCUT2D eigenvalue weighted by molar-refractivity contribution is -0.140. The quantitative estimate of drug-likeness (QED) is 0.396. The van der Waals surface area contributed by atoms with Crippen LogP contribution in [0.15, 0.2) is 75.0 Å². The molecule has 0 radical (unpaired) electrons. The molecule has 0 spiro atoms. The van der Waals surface area contributed by atoms with Crippen LogP contribution in [0.5, 0.6) is 0 Å². The zero-order valence-corrected chi connectivity index (χ0v) is 19.3. The zero-order chi connectivity index (χ0) is 22.5. The van der Waals surface area contributed by atoms with Crippen LogP contribution >= 0.6 is 22.7 Å². The first-order valence-electron chi connectivity index (χ1n) is 10.0. The van der Waals surface area contributed by atoms with Crippen molar-refractivity contribution in [1.82, 2.24) is 4.57 Å². The zero-order valence-electron chi connectivity index (χ0n) is 17.7. The van der Waals surface area contributed by atoms with E-state index in [0.29, 0.717) is 27.2 Å². The Balaban J connectivity index is 1.77. The van der Waals surface area contributed by atoms with Crippen LogP contribution < -0.4 is 14.9 Å². The van der Waals surface area contributed by atoms with Gasteiger partial charge in [0.1, 0.15) is 12.6 Å². The molecule has 0 saturated carbocycles. The van der Waals surface area contributed by atoms with Gasteiger partial charge in [-0.25, -0.2) is 9.79 Å². The van der Waals surface area contributed by atoms with Crippen LogP contribution in [0.3, 0.4) is 0 Å². The summed E-state index contributed by atoms with van der Waals surface area (Å²) in [4.78, 5) is 32.3. The summed E-state index contributed by atoms with van der Waals surface area (Å²) in [6, 6.07) is 13.1. The summed E-state index contributed by atoms with van der Waals surface area (Å²) in [5.74, 6) is -0.486. The number of carbonyl (C=O) groups excluding carboxylic acids is 1. The molecule has 32 heavy (non-hydrogen) atoms. The van der Waals surface area contributed by atoms with E-state index in [1.54, 1.807) is 24.7 Å². The maximum Gasteiger partial charge on any atom is 0.338 e. The third-order valence-electron chi connectivity index (χ3n) is 4.91. The smallest absolute Gasteiger partial charge is 0.338 e. The minimum Gasteiger partial charge on any atom is -0.460 e. The Morgan fingerprint density at radius 3 is 2.72 bits per heavy atom. The maximum absolute atomic E-state index is 13.4. The van der Waals surface area contributed by atoms with Gasteiger partial charge in [-0.1, -0.05) is 59.9 Å². The van der Waals surface area contributed by atoms with Gasteiger partial charge >= 0.3 is 5.97 Å². The number of fused-ring (bicyclic) bond motifs is 1. The Labute approximate surface area is 193 Å². The number of methoxy groups -OCH3 is 1. The standard InChI is InChI=1S/C24H22N2O4S2/c1-16-20(23(28)30-14-13-29-2)21(18-12-7-15-31-18)26-22(27)19(32-24(26)25-16)11-6-10-17-8-4-3-5-9-17/h3-12,15,21H,13-14H2,1-2H3. The van der Waals surface area contributed by atoms with Crippen molar-refractivity contribution in [2.75, 3.05) is 20.3 Å². The minimum absolute atomic E-state index is 0.137. The summed E-state index contributed by atoms with van der Waals surface area (Å²) < 4.78 is 12.5. The molecule has 0 fully saturated rings. The summed E-state index contributed by atoms with van der Waals surface area (Å²) in [6.07, 6.45) is 5.59. The van der Waals surface area contributed by atoms with Crippen molar-refractivity contribution >= 4 is 40.8 Å². The lowest BCUT2D eigenvalue weighted by Gasteiger charge is -2.23. The van der Waals surface area contributed by atoms with Crippen LogP contribution in [-0.2, 0) is 14.3 Å². The average molecular weight is 467 g/mol. The number of hydrogen-bond donors (Lipinski definition) is 0. The molecule has 3 heterocycles. The fraction of sp³-hybridized carbons (Fsp3) is 0.208. The largest absolute Gasteiger partial charge is 0.460 e. The number of thiophene rings is 1. The van der Waals surface area contributed by atoms with Gasteiger partial charge in [0, 0.05) is 12.0 Å². The Hall–Kier alpha value is -3.07. The van der Waals surface area contributed by atoms with E-state index in [1.807, 2.05) is 60.0 Å². The van der Waals surface area contributed by atoms with E-state index in [2.05, 4.69) is 4.99 Å². The first-order chi connectivity index (χ1) is 15.6. The number of thiazole rings is 1. The molecule has 0 saturated heterocycles. The molecular formula is C24H22N2O4S2. The number of rotatable bonds is 7. The number of benzene rings is 1. The van der Waals surface area contributed by atoms with Gasteiger partial charge in [0.25, 0.3) is 5.56 Å². The molecule has 1 aliphatic rings. The lowest BCUT2D eigenvalue weighted by Crippen LogP contribution is -2.39. The number of ether oxygens (including phenoxy) is 2. The highest BCUT2D eigenvalue weighted by Gasteiger charge is 2.33. The summed E-state index contributed by atoms with van der Waals surface area (Å²) in [6.45, 7) is 2.22. The lowest BCUT2D eigenvalue weighted by atomic mass is 10.0. The van der Waals surface area contributed by atoms with Gasteiger partial charge in [0.2, 0.25) is 0 Å². The first kappa shape index (κ1) is 22.1. The Kier molecular flexibility index (Phi) is 6.94. The molecule has 164 valence electrons. The molecule has 3 aromatic rings. The topological polar surface area (TPSA) is 69.9 Å². The number of hydrogen-bond acceptors (Lipinski definition) is 7. The molecule has 1 unspecified atom stereocenters. The molecule has 0 aliphatic carbocycles. The second kappa shape index (κ2) is 10.0. The predicted octanol–water partition coefficient (Wildman–Crippen LogP) is 3.15. The van der Waals surface area contributed by atoms with E-state index in [-0.39, 0.29) is 12.2 Å². The molecule has 8 heteroatoms. The fourth-order valence-corrected chi connectivity index (χ4v) is 5.24. The summed E-state index contributed by atoms with van der Waals surface area (Å²) in [5, 5.41) is 1.93. The van der Waals surface area contributed by atoms with Crippen molar-refractivity contribution < 1.29 is 14.3 Å². The van der Waals surface area contributed by atoms with Crippen LogP contribution in [0.1, 0.15) is 23.4 Å². The van der Waals surface area contributed by atoms with Crippen molar-refractivity contribution in [3.05, 3.63) is 95.3 Å². The minimum atomic E-state index is -0.568. The number of nitrogens with zero attached hydrogens (tertiary/aromatic N) is 2. The van der Waals surface area contributed by atoms with E-state index >= 15 is 0 Å². The Bertz CT molecular complexity index is 1330. The molecule has 6 nitrogen and oxygen atoms in total. The van der Waals surface area contributed by atoms with Crippen molar-refractivity contribution in [2.24, 2.45) is 4.99 Å². The highest BCUT2D eigenvalue weighted by Crippen LogP contribution is 2.33. The predicted molar refractivity (Wildman–Crippen MR) is 127 cm³/mol. The Morgan fingerprint density at radius 1 is 1.19 bits per heavy atom. The van der Waals surface area contributed by atoms with Crippen LogP contribution in [0.2, 0.25) is 0 Å². The van der Waals surface area contributed by atoms with Crippen molar-refractivity contribution in [1.29, 1.82) is 0 Å². The number of aromatic nitrogens is 1. The van der Waals surface area contributed by atoms with Gasteiger partial charge in [-0.05, 0) is 30.0 Å². The van der Waals surface area contributed by atoms with Crippen molar-refractivity contribution in [2.45, 2.75) is 13.0 Å². The number of carbonyl (C=O) groups is 1. The fourth-order valence-electron chi connectivity index (χ4n) is 3.42. The van der Waals surface area contributed by atoms with Crippen molar-refractivity contribution in [3.63, 3.8) is 0 Å². The van der Waals surface area contributed by atoms with Crippen LogP contribution in [0.25, 0.3) is 12.2 Å². The van der Waals surface area contributed by atoms with Gasteiger partial charge in [-0.3, -0.25) is 9.36 Å². The highest BCUT2D eigenvalue weighted by molar-refractivity contribution is 7.10. The van der Waals surface area contributed by atoms with E-state index in [1.165, 1.54) is 22.7 Å². The Morgan fingerprint density at radius 2 is 2.00 bits per heavy atom. The number of esters is 1. The molecule has 1 aliphatic heterocycles. The van der Waals surface area contributed by atoms with Gasteiger partial charge in [-0.15, -0.1) is 11.3 Å². The molecule has 4 rings (SSSR count). The summed E-state index contributed by atoms with van der Waals surface area (Å²) >= 11 is 2.80. The van der Waals surface area contributed by atoms with Gasteiger partial charge < -0.3 is 9.47 Å². The van der Waals surface area contributed by atoms with E-state index in [0.717, 1.165) is 10.4 Å². The average Bonchev–Trinajstić information content (AvgIpc) is 3.42. The van der Waals surface area contributed by atoms with Gasteiger partial charge in [0.15, 0.2) is 4.80 Å². The van der Waals surface area contributed by atoms with Crippen LogP contribution in [0.4, 0.5) is 0 Å². The second-order valence-electron chi connectivity index (χ2n) is 7.02. The second-order valence-corrected chi connectivity index (χ2v) is 9.01. The molecule has 1 atom stereocenters. The van der Waals surface area contributed by atoms with E-state index in [4.69, 9.17) is 9.47 Å². The van der Waals surface area contributed by atoms with Crippen molar-refractivity contribution in [3.8, 4) is 0 Å². The molecule has 0 bridgehead atoms. The highest BCUT2D eigenvalue weighted by atomic mass is 32.1. The van der Waals surface area contributed by atoms with Gasteiger partial charge in [0.05, 0.1) is 22.4 Å². The van der Waals surface area contributed by atoms with E-state index in [9.17, 15) is 9.59 Å². The van der Waals surface area contributed by atoms with Crippen LogP contribution in [-0.4, -0.2) is 30.9 Å². The monoisotopic (exact) mass is 466 g/mol. The van der Waals surface area contributed by atoms with Crippen LogP contribution in [0, 0.1) is 0 Å². The molecule has 0 amide bonds. The summed E-state index contributed by atoms with van der Waals surface area (Å²) in [7, 11) is 1.55. The van der Waals surface area contributed by atoms with E-state index < -0.39 is 12.0 Å². The molecular weight excluding hydrogens is 444 g/mol. The van der Waals surface area contributed by atoms with Gasteiger partial charge in [-0.2, -0.15) is 0 Å². The molecule has 2 aromatic heterocycles. The SMILES string of the molecule is COCCOC(=O)C1=C(C)N=c2sc(=CC=Cc3ccccc3)c(=O)n2C1c1cccs1. The normalized spacial score (nSPS) is 16.3.